The van der Waals surface area contributed by atoms with Crippen molar-refractivity contribution in [2.24, 2.45) is 5.73 Å². The minimum atomic E-state index is -1.30. The van der Waals surface area contributed by atoms with E-state index >= 15 is 0 Å². The second kappa shape index (κ2) is 4.55. The molecule has 5 heteroatoms. The molecule has 15 heavy (non-hydrogen) atoms. The summed E-state index contributed by atoms with van der Waals surface area (Å²) >= 11 is 2.96. The van der Waals surface area contributed by atoms with Crippen LogP contribution in [0.25, 0.3) is 0 Å². The fourth-order valence-electron chi connectivity index (χ4n) is 1.18. The quantitative estimate of drug-likeness (QED) is 0.832. The van der Waals surface area contributed by atoms with Gasteiger partial charge in [-0.2, -0.15) is 0 Å². The molecule has 0 aliphatic heterocycles. The first-order chi connectivity index (χ1) is 6.87. The molecule has 0 saturated carbocycles. The monoisotopic (exact) mass is 279 g/mol. The lowest BCUT2D eigenvalue weighted by Crippen LogP contribution is -2.37. The van der Waals surface area contributed by atoms with Crippen LogP contribution < -0.4 is 5.73 Å². The van der Waals surface area contributed by atoms with Crippen molar-refractivity contribution < 1.29 is 13.9 Å². The van der Waals surface area contributed by atoms with Crippen LogP contribution in [0.5, 0.6) is 0 Å². The Balaban J connectivity index is 3.09. The molecule has 0 saturated heterocycles. The Labute approximate surface area is 95.2 Å². The van der Waals surface area contributed by atoms with E-state index < -0.39 is 17.2 Å². The molecule has 3 N–H and O–H groups in total. The van der Waals surface area contributed by atoms with Gasteiger partial charge in [0, 0.05) is 18.5 Å². The van der Waals surface area contributed by atoms with Crippen LogP contribution in [0, 0.1) is 11.6 Å². The van der Waals surface area contributed by atoms with Crippen LogP contribution in [-0.4, -0.2) is 17.3 Å². The molecular weight excluding hydrogens is 268 g/mol. The van der Waals surface area contributed by atoms with Crippen molar-refractivity contribution in [3.8, 4) is 0 Å². The van der Waals surface area contributed by atoms with Crippen molar-refractivity contribution in [3.05, 3.63) is 33.8 Å². The molecule has 1 unspecified atom stereocenters. The van der Waals surface area contributed by atoms with E-state index in [0.717, 1.165) is 6.07 Å². The van der Waals surface area contributed by atoms with E-state index in [0.29, 0.717) is 0 Å². The zero-order chi connectivity index (χ0) is 11.6. The lowest BCUT2D eigenvalue weighted by atomic mass is 9.96. The molecule has 2 nitrogen and oxygen atoms in total. The second-order valence-corrected chi connectivity index (χ2v) is 4.55. The van der Waals surface area contributed by atoms with Crippen LogP contribution in [0.4, 0.5) is 8.78 Å². The molecule has 0 spiro atoms. The van der Waals surface area contributed by atoms with E-state index in [4.69, 9.17) is 5.73 Å². The van der Waals surface area contributed by atoms with Gasteiger partial charge in [0.25, 0.3) is 0 Å². The molecule has 1 aromatic rings. The highest BCUT2D eigenvalue weighted by Crippen LogP contribution is 2.24. The van der Waals surface area contributed by atoms with Crippen molar-refractivity contribution in [3.63, 3.8) is 0 Å². The summed E-state index contributed by atoms with van der Waals surface area (Å²) in [5.41, 5.74) is 3.83. The Morgan fingerprint density at radius 2 is 2.07 bits per heavy atom. The van der Waals surface area contributed by atoms with E-state index in [9.17, 15) is 13.9 Å². The summed E-state index contributed by atoms with van der Waals surface area (Å²) in [6, 6.07) is 2.43. The largest absolute Gasteiger partial charge is 0.389 e. The molecular formula is C10H12BrF2NO. The van der Waals surface area contributed by atoms with Crippen molar-refractivity contribution in [2.75, 3.05) is 6.54 Å². The zero-order valence-electron chi connectivity index (χ0n) is 8.23. The van der Waals surface area contributed by atoms with Crippen LogP contribution >= 0.6 is 15.9 Å². The van der Waals surface area contributed by atoms with E-state index in [1.807, 2.05) is 0 Å². The summed E-state index contributed by atoms with van der Waals surface area (Å²) in [5, 5.41) is 9.64. The first kappa shape index (κ1) is 12.5. The molecule has 0 amide bonds. The molecule has 1 atom stereocenters. The number of nitrogens with two attached hydrogens (primary N) is 1. The number of aliphatic hydroxyl groups is 1. The van der Waals surface area contributed by atoms with E-state index in [-0.39, 0.29) is 23.0 Å². The second-order valence-electron chi connectivity index (χ2n) is 3.70. The molecule has 0 aliphatic carbocycles. The maximum Gasteiger partial charge on any atom is 0.143 e. The molecule has 0 heterocycles. The van der Waals surface area contributed by atoms with Gasteiger partial charge in [0.15, 0.2) is 0 Å². The molecule has 0 fully saturated rings. The molecule has 0 aromatic heterocycles. The van der Waals surface area contributed by atoms with Gasteiger partial charge in [-0.25, -0.2) is 8.78 Å². The lowest BCUT2D eigenvalue weighted by Gasteiger charge is -2.21. The Morgan fingerprint density at radius 1 is 1.47 bits per heavy atom. The Bertz CT molecular complexity index is 369. The highest BCUT2D eigenvalue weighted by molar-refractivity contribution is 9.10. The third-order valence-electron chi connectivity index (χ3n) is 2.14. The summed E-state index contributed by atoms with van der Waals surface area (Å²) < 4.78 is 26.9. The number of benzene rings is 1. The number of hydrogen-bond donors (Lipinski definition) is 2. The smallest absolute Gasteiger partial charge is 0.143 e. The maximum atomic E-state index is 13.5. The van der Waals surface area contributed by atoms with E-state index in [1.54, 1.807) is 0 Å². The van der Waals surface area contributed by atoms with Crippen LogP contribution in [0.3, 0.4) is 0 Å². The molecule has 1 rings (SSSR count). The Morgan fingerprint density at radius 3 is 2.60 bits per heavy atom. The van der Waals surface area contributed by atoms with Gasteiger partial charge in [-0.1, -0.05) is 0 Å². The number of rotatable bonds is 3. The fraction of sp³-hybridized carbons (Fsp3) is 0.400. The molecule has 84 valence electrons. The molecule has 0 bridgehead atoms. The van der Waals surface area contributed by atoms with Crippen molar-refractivity contribution in [1.29, 1.82) is 0 Å². The van der Waals surface area contributed by atoms with Crippen molar-refractivity contribution in [2.45, 2.75) is 18.9 Å². The van der Waals surface area contributed by atoms with Crippen LogP contribution in [0.2, 0.25) is 0 Å². The van der Waals surface area contributed by atoms with Gasteiger partial charge in [-0.3, -0.25) is 0 Å². The normalized spacial score (nSPS) is 15.1. The summed E-state index contributed by atoms with van der Waals surface area (Å²) in [6.45, 7) is 1.38. The predicted octanol–water partition coefficient (Wildman–Crippen LogP) is 1.98. The van der Waals surface area contributed by atoms with E-state index in [2.05, 4.69) is 15.9 Å². The lowest BCUT2D eigenvalue weighted by molar-refractivity contribution is 0.0677. The highest BCUT2D eigenvalue weighted by Gasteiger charge is 2.24. The molecule has 1 aromatic carbocycles. The maximum absolute atomic E-state index is 13.5. The van der Waals surface area contributed by atoms with Crippen molar-refractivity contribution in [1.82, 2.24) is 0 Å². The zero-order valence-corrected chi connectivity index (χ0v) is 9.81. The van der Waals surface area contributed by atoms with Gasteiger partial charge in [-0.15, -0.1) is 0 Å². The van der Waals surface area contributed by atoms with Crippen LogP contribution in [0.15, 0.2) is 16.6 Å². The SMILES string of the molecule is CC(O)(CN)Cc1c(F)ccc(Br)c1F. The van der Waals surface area contributed by atoms with Gasteiger partial charge in [0.2, 0.25) is 0 Å². The van der Waals surface area contributed by atoms with Gasteiger partial charge in [0.1, 0.15) is 11.6 Å². The van der Waals surface area contributed by atoms with Crippen molar-refractivity contribution >= 4 is 15.9 Å². The Kier molecular flexibility index (Phi) is 3.81. The van der Waals surface area contributed by atoms with Crippen LogP contribution in [-0.2, 0) is 6.42 Å². The first-order valence-corrected chi connectivity index (χ1v) is 5.21. The van der Waals surface area contributed by atoms with Gasteiger partial charge < -0.3 is 10.8 Å². The minimum Gasteiger partial charge on any atom is -0.389 e. The first-order valence-electron chi connectivity index (χ1n) is 4.42. The molecule has 0 radical (unpaired) electrons. The minimum absolute atomic E-state index is 0.0571. The van der Waals surface area contributed by atoms with Gasteiger partial charge >= 0.3 is 0 Å². The third kappa shape index (κ3) is 2.96. The van der Waals surface area contributed by atoms with E-state index in [1.165, 1.54) is 13.0 Å². The number of hydrogen-bond acceptors (Lipinski definition) is 2. The summed E-state index contributed by atoms with van der Waals surface area (Å²) in [7, 11) is 0. The summed E-state index contributed by atoms with van der Waals surface area (Å²) in [6.07, 6.45) is -0.152. The Hall–Kier alpha value is -0.520. The van der Waals surface area contributed by atoms with Gasteiger partial charge in [0.05, 0.1) is 10.1 Å². The highest BCUT2D eigenvalue weighted by atomic mass is 79.9. The molecule has 0 aliphatic rings. The van der Waals surface area contributed by atoms with Crippen LogP contribution in [0.1, 0.15) is 12.5 Å². The number of halogens is 3. The average Bonchev–Trinajstić information content (AvgIpc) is 2.19. The van der Waals surface area contributed by atoms with Gasteiger partial charge in [-0.05, 0) is 35.0 Å². The third-order valence-corrected chi connectivity index (χ3v) is 2.75. The topological polar surface area (TPSA) is 46.2 Å². The standard InChI is InChI=1S/C10H12BrF2NO/c1-10(15,5-14)4-6-8(12)3-2-7(11)9(6)13/h2-3,15H,4-5,14H2,1H3. The summed E-state index contributed by atoms with van der Waals surface area (Å²) in [5.74, 6) is -1.37. The predicted molar refractivity (Wildman–Crippen MR) is 57.4 cm³/mol. The summed E-state index contributed by atoms with van der Waals surface area (Å²) in [4.78, 5) is 0. The average molecular weight is 280 g/mol. The fourth-order valence-corrected chi connectivity index (χ4v) is 1.56.